The Morgan fingerprint density at radius 1 is 1.35 bits per heavy atom. The van der Waals surface area contributed by atoms with E-state index in [9.17, 15) is 21.6 Å². The molecule has 7 nitrogen and oxygen atoms in total. The van der Waals surface area contributed by atoms with Gasteiger partial charge >= 0.3 is 5.97 Å². The number of aromatic carboxylic acids is 1. The predicted octanol–water partition coefficient (Wildman–Crippen LogP) is 0.468. The monoisotopic (exact) mass is 341 g/mol. The Morgan fingerprint density at radius 2 is 1.95 bits per heavy atom. The van der Waals surface area contributed by atoms with E-state index in [0.717, 1.165) is 11.3 Å². The quantitative estimate of drug-likeness (QED) is 0.744. The van der Waals surface area contributed by atoms with Gasteiger partial charge in [0.15, 0.2) is 9.84 Å². The van der Waals surface area contributed by atoms with Gasteiger partial charge in [-0.3, -0.25) is 0 Å². The van der Waals surface area contributed by atoms with Crippen molar-refractivity contribution >= 4 is 37.2 Å². The second kappa shape index (κ2) is 6.20. The number of carboxylic acids is 1. The summed E-state index contributed by atoms with van der Waals surface area (Å²) in [5.41, 5.74) is 0.318. The van der Waals surface area contributed by atoms with Gasteiger partial charge in [-0.1, -0.05) is 6.92 Å². The van der Waals surface area contributed by atoms with Crippen LogP contribution in [0.4, 0.5) is 0 Å². The minimum Gasteiger partial charge on any atom is -0.477 e. The molecule has 1 rings (SSSR count). The molecule has 10 heteroatoms. The van der Waals surface area contributed by atoms with E-state index in [4.69, 9.17) is 5.11 Å². The van der Waals surface area contributed by atoms with E-state index in [1.165, 1.54) is 19.2 Å². The molecule has 0 aliphatic heterocycles. The smallest absolute Gasteiger partial charge is 0.347 e. The first-order chi connectivity index (χ1) is 9.10. The highest BCUT2D eigenvalue weighted by molar-refractivity contribution is 7.91. The molecule has 0 saturated heterocycles. The zero-order chi connectivity index (χ0) is 15.6. The highest BCUT2D eigenvalue weighted by Gasteiger charge is 2.26. The van der Waals surface area contributed by atoms with Crippen LogP contribution in [0, 0.1) is 6.92 Å². The lowest BCUT2D eigenvalue weighted by Crippen LogP contribution is -2.30. The molecule has 0 aliphatic rings. The number of nitrogens with one attached hydrogen (secondary N) is 1. The van der Waals surface area contributed by atoms with Crippen LogP contribution in [0.2, 0.25) is 0 Å². The Hall–Kier alpha value is -0.970. The van der Waals surface area contributed by atoms with Crippen molar-refractivity contribution < 1.29 is 26.7 Å². The maximum atomic E-state index is 12.1. The third kappa shape index (κ3) is 4.01. The van der Waals surface area contributed by atoms with Crippen molar-refractivity contribution in [1.82, 2.24) is 4.72 Å². The molecule has 0 fully saturated rings. The fourth-order valence-corrected chi connectivity index (χ4v) is 4.95. The van der Waals surface area contributed by atoms with E-state index in [2.05, 4.69) is 4.72 Å². The van der Waals surface area contributed by atoms with Crippen molar-refractivity contribution in [3.05, 3.63) is 15.8 Å². The van der Waals surface area contributed by atoms with E-state index in [-0.39, 0.29) is 27.8 Å². The molecule has 0 saturated carbocycles. The first kappa shape index (κ1) is 17.1. The summed E-state index contributed by atoms with van der Waals surface area (Å²) in [6.45, 7) is 2.67. The number of carbonyl (C=O) groups is 1. The van der Waals surface area contributed by atoms with Crippen LogP contribution in [0.25, 0.3) is 0 Å². The molecule has 0 unspecified atom stereocenters. The van der Waals surface area contributed by atoms with Gasteiger partial charge in [0.1, 0.15) is 9.77 Å². The van der Waals surface area contributed by atoms with Crippen molar-refractivity contribution in [2.24, 2.45) is 0 Å². The summed E-state index contributed by atoms with van der Waals surface area (Å²) in [5, 5.41) is 10.4. The Bertz CT molecular complexity index is 701. The van der Waals surface area contributed by atoms with E-state index >= 15 is 0 Å². The van der Waals surface area contributed by atoms with Crippen LogP contribution in [0.15, 0.2) is 10.3 Å². The number of carboxylic acid groups (broad SMARTS) is 1. The molecule has 114 valence electrons. The predicted molar refractivity (Wildman–Crippen MR) is 75.5 cm³/mol. The number of aryl methyl sites for hydroxylation is 1. The van der Waals surface area contributed by atoms with Crippen molar-refractivity contribution in [3.63, 3.8) is 0 Å². The molecule has 1 aromatic rings. The minimum atomic E-state index is -4.04. The van der Waals surface area contributed by atoms with Crippen molar-refractivity contribution in [2.45, 2.75) is 18.7 Å². The molecule has 0 amide bonds. The van der Waals surface area contributed by atoms with E-state index in [0.29, 0.717) is 5.56 Å². The van der Waals surface area contributed by atoms with Crippen LogP contribution >= 0.6 is 11.3 Å². The van der Waals surface area contributed by atoms with Crippen molar-refractivity contribution in [1.29, 1.82) is 0 Å². The molecular weight excluding hydrogens is 326 g/mol. The van der Waals surface area contributed by atoms with E-state index < -0.39 is 25.8 Å². The van der Waals surface area contributed by atoms with E-state index in [1.54, 1.807) is 0 Å². The van der Waals surface area contributed by atoms with Gasteiger partial charge in [-0.2, -0.15) is 0 Å². The maximum Gasteiger partial charge on any atom is 0.347 e. The maximum absolute atomic E-state index is 12.1. The molecule has 20 heavy (non-hydrogen) atoms. The fraction of sp³-hybridized carbons (Fsp3) is 0.500. The summed E-state index contributed by atoms with van der Waals surface area (Å²) in [7, 11) is -7.33. The zero-order valence-electron chi connectivity index (χ0n) is 10.9. The van der Waals surface area contributed by atoms with Crippen LogP contribution < -0.4 is 4.72 Å². The number of sulfonamides is 1. The van der Waals surface area contributed by atoms with Crippen molar-refractivity contribution in [2.75, 3.05) is 18.1 Å². The van der Waals surface area contributed by atoms with Crippen LogP contribution in [0.3, 0.4) is 0 Å². The summed E-state index contributed by atoms with van der Waals surface area (Å²) < 4.78 is 48.8. The number of thiophene rings is 1. The number of sulfone groups is 1. The van der Waals surface area contributed by atoms with Crippen molar-refractivity contribution in [3.8, 4) is 0 Å². The molecule has 0 aromatic carbocycles. The number of hydrogen-bond acceptors (Lipinski definition) is 6. The van der Waals surface area contributed by atoms with Crippen LogP contribution in [-0.4, -0.2) is 46.0 Å². The molecule has 2 N–H and O–H groups in total. The topological polar surface area (TPSA) is 118 Å². The standard InChI is InChI=1S/C10H15NO6S3/c1-3-19(14,15)5-4-11-20(16,17)9-7(2)6-18-8(9)10(12)13/h6,11H,3-5H2,1-2H3,(H,12,13). The molecule has 0 atom stereocenters. The molecule has 0 spiro atoms. The highest BCUT2D eigenvalue weighted by Crippen LogP contribution is 2.26. The highest BCUT2D eigenvalue weighted by atomic mass is 32.2. The lowest BCUT2D eigenvalue weighted by atomic mass is 10.3. The first-order valence-corrected chi connectivity index (χ1v) is 9.80. The average molecular weight is 341 g/mol. The summed E-state index contributed by atoms with van der Waals surface area (Å²) in [4.78, 5) is 10.4. The molecule has 0 aliphatic carbocycles. The first-order valence-electron chi connectivity index (χ1n) is 5.62. The Labute approximate surface area is 121 Å². The van der Waals surface area contributed by atoms with Gasteiger partial charge in [-0.05, 0) is 17.9 Å². The number of rotatable bonds is 7. The zero-order valence-corrected chi connectivity index (χ0v) is 13.4. The van der Waals surface area contributed by atoms with Crippen LogP contribution in [-0.2, 0) is 19.9 Å². The summed E-state index contributed by atoms with van der Waals surface area (Å²) in [6.07, 6.45) is 0. The van der Waals surface area contributed by atoms with Gasteiger partial charge < -0.3 is 5.11 Å². The third-order valence-electron chi connectivity index (χ3n) is 2.53. The average Bonchev–Trinajstić information content (AvgIpc) is 2.71. The minimum absolute atomic E-state index is 0.0768. The lowest BCUT2D eigenvalue weighted by molar-refractivity contribution is 0.0698. The summed E-state index contributed by atoms with van der Waals surface area (Å²) in [6, 6.07) is 0. The second-order valence-electron chi connectivity index (χ2n) is 4.02. The van der Waals surface area contributed by atoms with Gasteiger partial charge in [0.05, 0.1) is 5.75 Å². The van der Waals surface area contributed by atoms with Gasteiger partial charge in [-0.25, -0.2) is 26.4 Å². The molecule has 1 aromatic heterocycles. The molecular formula is C10H15NO6S3. The van der Waals surface area contributed by atoms with Crippen LogP contribution in [0.1, 0.15) is 22.2 Å². The van der Waals surface area contributed by atoms with Crippen LogP contribution in [0.5, 0.6) is 0 Å². The second-order valence-corrected chi connectivity index (χ2v) is 9.07. The Morgan fingerprint density at radius 3 is 2.45 bits per heavy atom. The molecule has 1 heterocycles. The SMILES string of the molecule is CCS(=O)(=O)CCNS(=O)(=O)c1c(C)csc1C(=O)O. The Kier molecular flexibility index (Phi) is 5.30. The summed E-state index contributed by atoms with van der Waals surface area (Å²) in [5.74, 6) is -1.73. The number of hydrogen-bond donors (Lipinski definition) is 2. The largest absolute Gasteiger partial charge is 0.477 e. The van der Waals surface area contributed by atoms with Gasteiger partial charge in [0.25, 0.3) is 0 Å². The van der Waals surface area contributed by atoms with E-state index in [1.807, 2.05) is 0 Å². The Balaban J connectivity index is 2.96. The van der Waals surface area contributed by atoms with Gasteiger partial charge in [-0.15, -0.1) is 11.3 Å². The normalized spacial score (nSPS) is 12.5. The van der Waals surface area contributed by atoms with Gasteiger partial charge in [0.2, 0.25) is 10.0 Å². The fourth-order valence-electron chi connectivity index (χ4n) is 1.46. The lowest BCUT2D eigenvalue weighted by Gasteiger charge is -2.07. The molecule has 0 bridgehead atoms. The molecule has 0 radical (unpaired) electrons. The third-order valence-corrected chi connectivity index (χ3v) is 7.09. The van der Waals surface area contributed by atoms with Gasteiger partial charge in [0, 0.05) is 12.3 Å². The summed E-state index contributed by atoms with van der Waals surface area (Å²) >= 11 is 0.818.